The van der Waals surface area contributed by atoms with E-state index in [-0.39, 0.29) is 18.3 Å². The molecular weight excluding hydrogens is 372 g/mol. The molecule has 0 bridgehead atoms. The van der Waals surface area contributed by atoms with Crippen molar-refractivity contribution in [2.75, 3.05) is 10.6 Å². The van der Waals surface area contributed by atoms with Crippen molar-refractivity contribution < 1.29 is 14.3 Å². The Labute approximate surface area is 152 Å². The molecule has 1 N–H and O–H groups in total. The van der Waals surface area contributed by atoms with E-state index < -0.39 is 11.0 Å². The lowest BCUT2D eigenvalue weighted by Gasteiger charge is -2.20. The summed E-state index contributed by atoms with van der Waals surface area (Å²) in [5.41, 5.74) is 0.780. The molecule has 5 nitrogen and oxygen atoms in total. The average molecular weight is 399 g/mol. The second-order valence-electron chi connectivity index (χ2n) is 7.74. The van der Waals surface area contributed by atoms with Crippen LogP contribution in [0.1, 0.15) is 52.7 Å². The zero-order valence-electron chi connectivity index (χ0n) is 15.3. The molecule has 1 aromatic rings. The largest absolute Gasteiger partial charge is 0.460 e. The highest BCUT2D eigenvalue weighted by atomic mass is 79.9. The molecule has 0 aliphatic rings. The fourth-order valence-corrected chi connectivity index (χ4v) is 2.35. The van der Waals surface area contributed by atoms with Crippen LogP contribution in [0.5, 0.6) is 0 Å². The predicted octanol–water partition coefficient (Wildman–Crippen LogP) is 3.89. The van der Waals surface area contributed by atoms with E-state index in [1.807, 2.05) is 47.6 Å². The lowest BCUT2D eigenvalue weighted by atomic mass is 9.95. The van der Waals surface area contributed by atoms with E-state index in [9.17, 15) is 9.59 Å². The van der Waals surface area contributed by atoms with Gasteiger partial charge in [-0.05, 0) is 44.4 Å². The van der Waals surface area contributed by atoms with Crippen molar-refractivity contribution in [1.82, 2.24) is 4.98 Å². The Balaban J connectivity index is 2.95. The number of halogens is 1. The van der Waals surface area contributed by atoms with E-state index >= 15 is 0 Å². The normalized spacial score (nSPS) is 12.0. The van der Waals surface area contributed by atoms with Gasteiger partial charge in [0.25, 0.3) is 0 Å². The Morgan fingerprint density at radius 3 is 2.29 bits per heavy atom. The summed E-state index contributed by atoms with van der Waals surface area (Å²) in [4.78, 5) is 28.4. The predicted molar refractivity (Wildman–Crippen MR) is 99.4 cm³/mol. The van der Waals surface area contributed by atoms with Gasteiger partial charge in [0.15, 0.2) is 0 Å². The molecule has 0 saturated heterocycles. The fourth-order valence-electron chi connectivity index (χ4n) is 1.92. The van der Waals surface area contributed by atoms with E-state index in [1.165, 1.54) is 0 Å². The number of alkyl halides is 1. The molecule has 0 aromatic carbocycles. The number of amides is 1. The molecule has 0 fully saturated rings. The first kappa shape index (κ1) is 20.6. The average Bonchev–Trinajstić information content (AvgIpc) is 2.38. The van der Waals surface area contributed by atoms with Gasteiger partial charge in [-0.2, -0.15) is 0 Å². The molecule has 0 atom stereocenters. The minimum absolute atomic E-state index is 0.0975. The standard InChI is InChI=1S/C18H27BrN2O3/c1-17(2,3)16(23)21-14-9-12(7-8-19)13(11-20-14)10-15(22)24-18(4,5)6/h9,11H,7-8,10H2,1-6H3,(H,20,21,23). The molecule has 1 heterocycles. The summed E-state index contributed by atoms with van der Waals surface area (Å²) in [6.45, 7) is 11.1. The van der Waals surface area contributed by atoms with Crippen LogP contribution in [0.15, 0.2) is 12.3 Å². The van der Waals surface area contributed by atoms with Crippen LogP contribution in [0.4, 0.5) is 5.82 Å². The SMILES string of the molecule is CC(C)(C)OC(=O)Cc1cnc(NC(=O)C(C)(C)C)cc1CCBr. The molecule has 24 heavy (non-hydrogen) atoms. The summed E-state index contributed by atoms with van der Waals surface area (Å²) in [5, 5.41) is 3.57. The third kappa shape index (κ3) is 6.99. The number of carbonyl (C=O) groups is 2. The van der Waals surface area contributed by atoms with Gasteiger partial charge in [-0.3, -0.25) is 9.59 Å². The summed E-state index contributed by atoms with van der Waals surface area (Å²) in [7, 11) is 0. The maximum atomic E-state index is 12.1. The molecule has 0 aliphatic heterocycles. The van der Waals surface area contributed by atoms with Crippen molar-refractivity contribution >= 4 is 33.6 Å². The number of nitrogens with zero attached hydrogens (tertiary/aromatic N) is 1. The van der Waals surface area contributed by atoms with Crippen molar-refractivity contribution in [2.45, 2.75) is 60.0 Å². The zero-order valence-corrected chi connectivity index (χ0v) is 16.9. The maximum absolute atomic E-state index is 12.1. The molecule has 0 unspecified atom stereocenters. The van der Waals surface area contributed by atoms with Crippen LogP contribution in [0.2, 0.25) is 0 Å². The third-order valence-electron chi connectivity index (χ3n) is 3.12. The summed E-state index contributed by atoms with van der Waals surface area (Å²) < 4.78 is 5.37. The second-order valence-corrected chi connectivity index (χ2v) is 8.54. The van der Waals surface area contributed by atoms with Crippen LogP contribution >= 0.6 is 15.9 Å². The van der Waals surface area contributed by atoms with E-state index in [1.54, 1.807) is 6.20 Å². The molecule has 0 spiro atoms. The van der Waals surface area contributed by atoms with Crippen LogP contribution < -0.4 is 5.32 Å². The number of rotatable bonds is 5. The number of anilines is 1. The lowest BCUT2D eigenvalue weighted by molar-refractivity contribution is -0.153. The van der Waals surface area contributed by atoms with E-state index in [2.05, 4.69) is 26.2 Å². The van der Waals surface area contributed by atoms with Crippen molar-refractivity contribution in [3.05, 3.63) is 23.4 Å². The van der Waals surface area contributed by atoms with Crippen LogP contribution in [-0.2, 0) is 27.2 Å². The summed E-state index contributed by atoms with van der Waals surface area (Å²) in [6.07, 6.45) is 2.54. The van der Waals surface area contributed by atoms with Crippen LogP contribution in [-0.4, -0.2) is 27.8 Å². The van der Waals surface area contributed by atoms with Crippen LogP contribution in [0.3, 0.4) is 0 Å². The Morgan fingerprint density at radius 2 is 1.79 bits per heavy atom. The highest BCUT2D eigenvalue weighted by Gasteiger charge is 2.22. The fraction of sp³-hybridized carbons (Fsp3) is 0.611. The molecule has 0 saturated carbocycles. The number of carbonyl (C=O) groups excluding carboxylic acids is 2. The Morgan fingerprint density at radius 1 is 1.17 bits per heavy atom. The molecule has 0 radical (unpaired) electrons. The molecule has 1 rings (SSSR count). The smallest absolute Gasteiger partial charge is 0.310 e. The number of aryl methyl sites for hydroxylation is 1. The van der Waals surface area contributed by atoms with Crippen molar-refractivity contribution in [3.63, 3.8) is 0 Å². The summed E-state index contributed by atoms with van der Waals surface area (Å²) >= 11 is 3.42. The van der Waals surface area contributed by atoms with Gasteiger partial charge in [-0.15, -0.1) is 0 Å². The minimum atomic E-state index is -0.513. The number of hydrogen-bond donors (Lipinski definition) is 1. The summed E-state index contributed by atoms with van der Waals surface area (Å²) in [5.74, 6) is 0.116. The van der Waals surface area contributed by atoms with Gasteiger partial charge in [-0.25, -0.2) is 4.98 Å². The van der Waals surface area contributed by atoms with Crippen molar-refractivity contribution in [2.24, 2.45) is 5.41 Å². The van der Waals surface area contributed by atoms with Gasteiger partial charge in [-0.1, -0.05) is 36.7 Å². The molecule has 1 amide bonds. The topological polar surface area (TPSA) is 68.3 Å². The molecule has 0 aliphatic carbocycles. The number of nitrogens with one attached hydrogen (secondary N) is 1. The lowest BCUT2D eigenvalue weighted by Crippen LogP contribution is -2.28. The molecule has 1 aromatic heterocycles. The number of ether oxygens (including phenoxy) is 1. The summed E-state index contributed by atoms with van der Waals surface area (Å²) in [6, 6.07) is 1.82. The molecule has 6 heteroatoms. The highest BCUT2D eigenvalue weighted by molar-refractivity contribution is 9.09. The van der Waals surface area contributed by atoms with Gasteiger partial charge in [0.1, 0.15) is 11.4 Å². The van der Waals surface area contributed by atoms with Gasteiger partial charge in [0.2, 0.25) is 5.91 Å². The second kappa shape index (κ2) is 8.10. The van der Waals surface area contributed by atoms with Gasteiger partial charge in [0.05, 0.1) is 6.42 Å². The Bertz CT molecular complexity index is 601. The highest BCUT2D eigenvalue weighted by Crippen LogP contribution is 2.20. The van der Waals surface area contributed by atoms with Gasteiger partial charge in [0, 0.05) is 16.9 Å². The number of pyridine rings is 1. The van der Waals surface area contributed by atoms with E-state index in [0.29, 0.717) is 5.82 Å². The first-order valence-corrected chi connectivity index (χ1v) is 9.11. The third-order valence-corrected chi connectivity index (χ3v) is 3.52. The number of hydrogen-bond acceptors (Lipinski definition) is 4. The Hall–Kier alpha value is -1.43. The zero-order chi connectivity index (χ0) is 18.5. The first-order valence-electron chi connectivity index (χ1n) is 7.99. The van der Waals surface area contributed by atoms with Crippen LogP contribution in [0, 0.1) is 5.41 Å². The quantitative estimate of drug-likeness (QED) is 0.603. The minimum Gasteiger partial charge on any atom is -0.460 e. The van der Waals surface area contributed by atoms with E-state index in [0.717, 1.165) is 22.9 Å². The van der Waals surface area contributed by atoms with Crippen molar-refractivity contribution in [1.29, 1.82) is 0 Å². The maximum Gasteiger partial charge on any atom is 0.310 e. The molecule has 134 valence electrons. The van der Waals surface area contributed by atoms with Gasteiger partial charge < -0.3 is 10.1 Å². The number of aromatic nitrogens is 1. The first-order chi connectivity index (χ1) is 10.9. The Kier molecular flexibility index (Phi) is 6.96. The number of esters is 1. The monoisotopic (exact) mass is 398 g/mol. The van der Waals surface area contributed by atoms with Crippen molar-refractivity contribution in [3.8, 4) is 0 Å². The van der Waals surface area contributed by atoms with Crippen LogP contribution in [0.25, 0.3) is 0 Å². The van der Waals surface area contributed by atoms with E-state index in [4.69, 9.17) is 4.74 Å². The van der Waals surface area contributed by atoms with Gasteiger partial charge >= 0.3 is 5.97 Å². The molecular formula is C18H27BrN2O3.